The van der Waals surface area contributed by atoms with E-state index in [1.165, 1.54) is 16.6 Å². The third-order valence-electron chi connectivity index (χ3n) is 4.57. The molecule has 4 heteroatoms. The first-order valence-electron chi connectivity index (χ1n) is 7.40. The average Bonchev–Trinajstić information content (AvgIpc) is 3.01. The molecule has 2 aromatic rings. The maximum Gasteiger partial charge on any atom is 0.0718 e. The van der Waals surface area contributed by atoms with Gasteiger partial charge in [0.1, 0.15) is 0 Å². The molecule has 1 N–H and O–H groups in total. The number of aromatic nitrogens is 2. The Kier molecular flexibility index (Phi) is 3.76. The van der Waals surface area contributed by atoms with Gasteiger partial charge in [0.2, 0.25) is 0 Å². The summed E-state index contributed by atoms with van der Waals surface area (Å²) < 4.78 is 7.69. The molecule has 20 heavy (non-hydrogen) atoms. The first-order valence-corrected chi connectivity index (χ1v) is 7.40. The van der Waals surface area contributed by atoms with Crippen LogP contribution in [0.2, 0.25) is 0 Å². The van der Waals surface area contributed by atoms with Gasteiger partial charge in [-0.15, -0.1) is 0 Å². The van der Waals surface area contributed by atoms with Gasteiger partial charge >= 0.3 is 0 Å². The van der Waals surface area contributed by atoms with Crippen LogP contribution >= 0.6 is 0 Å². The lowest BCUT2D eigenvalue weighted by Gasteiger charge is -2.24. The van der Waals surface area contributed by atoms with Gasteiger partial charge in [-0.05, 0) is 26.5 Å². The van der Waals surface area contributed by atoms with Crippen LogP contribution in [0.4, 0.5) is 0 Å². The number of nitrogens with zero attached hydrogens (tertiary/aromatic N) is 2. The second-order valence-electron chi connectivity index (χ2n) is 5.72. The van der Waals surface area contributed by atoms with E-state index in [1.807, 2.05) is 18.8 Å². The standard InChI is InChI=1S/C16H23N3O/c1-11-12(8-9-20-11)14(17-2)10-15-13-6-4-5-7-16(13)19(3)18-15/h4-7,11-12,14,17H,8-10H2,1-3H3. The maximum atomic E-state index is 5.71. The van der Waals surface area contributed by atoms with Gasteiger partial charge in [-0.1, -0.05) is 18.2 Å². The van der Waals surface area contributed by atoms with Crippen molar-refractivity contribution in [2.24, 2.45) is 13.0 Å². The Labute approximate surface area is 120 Å². The Morgan fingerprint density at radius 3 is 2.95 bits per heavy atom. The van der Waals surface area contributed by atoms with Crippen LogP contribution in [-0.2, 0) is 18.2 Å². The number of likely N-dealkylation sites (N-methyl/N-ethyl adjacent to an activating group) is 1. The third-order valence-corrected chi connectivity index (χ3v) is 4.57. The molecular formula is C16H23N3O. The van der Waals surface area contributed by atoms with Gasteiger partial charge in [-0.25, -0.2) is 0 Å². The Morgan fingerprint density at radius 1 is 1.45 bits per heavy atom. The molecule has 0 saturated carbocycles. The lowest BCUT2D eigenvalue weighted by atomic mass is 9.90. The molecule has 0 amide bonds. The summed E-state index contributed by atoms with van der Waals surface area (Å²) in [7, 11) is 4.06. The van der Waals surface area contributed by atoms with Crippen LogP contribution in [-0.4, -0.2) is 35.6 Å². The number of aryl methyl sites for hydroxylation is 1. The highest BCUT2D eigenvalue weighted by atomic mass is 16.5. The minimum Gasteiger partial charge on any atom is -0.378 e. The van der Waals surface area contributed by atoms with Crippen LogP contribution in [0.3, 0.4) is 0 Å². The predicted molar refractivity (Wildman–Crippen MR) is 80.8 cm³/mol. The second kappa shape index (κ2) is 5.54. The molecule has 1 aliphatic rings. The summed E-state index contributed by atoms with van der Waals surface area (Å²) >= 11 is 0. The molecule has 3 unspecified atom stereocenters. The Bertz CT molecular complexity index is 592. The Hall–Kier alpha value is -1.39. The smallest absolute Gasteiger partial charge is 0.0718 e. The zero-order chi connectivity index (χ0) is 14.1. The molecule has 0 spiro atoms. The molecule has 1 aromatic heterocycles. The number of nitrogens with one attached hydrogen (secondary N) is 1. The molecule has 1 fully saturated rings. The molecule has 0 bridgehead atoms. The van der Waals surface area contributed by atoms with Crippen LogP contribution in [0.15, 0.2) is 24.3 Å². The fourth-order valence-corrected chi connectivity index (χ4v) is 3.39. The minimum atomic E-state index is 0.336. The number of hydrogen-bond donors (Lipinski definition) is 1. The van der Waals surface area contributed by atoms with E-state index in [2.05, 4.69) is 36.5 Å². The van der Waals surface area contributed by atoms with Gasteiger partial charge < -0.3 is 10.1 Å². The highest BCUT2D eigenvalue weighted by molar-refractivity contribution is 5.81. The highest BCUT2D eigenvalue weighted by Crippen LogP contribution is 2.27. The average molecular weight is 273 g/mol. The SMILES string of the molecule is CNC(Cc1nn(C)c2ccccc12)C1CCOC1C. The van der Waals surface area contributed by atoms with Gasteiger partial charge in [0.25, 0.3) is 0 Å². The van der Waals surface area contributed by atoms with E-state index in [1.54, 1.807) is 0 Å². The number of rotatable bonds is 4. The molecule has 1 aliphatic heterocycles. The van der Waals surface area contributed by atoms with E-state index in [-0.39, 0.29) is 0 Å². The summed E-state index contributed by atoms with van der Waals surface area (Å²) in [4.78, 5) is 0. The van der Waals surface area contributed by atoms with Crippen LogP contribution in [0.5, 0.6) is 0 Å². The topological polar surface area (TPSA) is 39.1 Å². The normalized spacial score (nSPS) is 24.4. The van der Waals surface area contributed by atoms with Gasteiger partial charge in [0, 0.05) is 37.4 Å². The van der Waals surface area contributed by atoms with Crippen molar-refractivity contribution in [3.8, 4) is 0 Å². The van der Waals surface area contributed by atoms with Crippen molar-refractivity contribution in [3.05, 3.63) is 30.0 Å². The quantitative estimate of drug-likeness (QED) is 0.927. The number of fused-ring (bicyclic) bond motifs is 1. The van der Waals surface area contributed by atoms with Crippen LogP contribution in [0.1, 0.15) is 19.0 Å². The number of ether oxygens (including phenoxy) is 1. The molecule has 1 aromatic carbocycles. The maximum absolute atomic E-state index is 5.71. The van der Waals surface area contributed by atoms with Crippen LogP contribution in [0, 0.1) is 5.92 Å². The van der Waals surface area contributed by atoms with Gasteiger partial charge in [-0.3, -0.25) is 4.68 Å². The van der Waals surface area contributed by atoms with Gasteiger partial charge in [-0.2, -0.15) is 5.10 Å². The predicted octanol–water partition coefficient (Wildman–Crippen LogP) is 2.13. The minimum absolute atomic E-state index is 0.336. The molecule has 3 rings (SSSR count). The largest absolute Gasteiger partial charge is 0.378 e. The first kappa shape index (κ1) is 13.6. The first-order chi connectivity index (χ1) is 9.70. The molecule has 4 nitrogen and oxygen atoms in total. The zero-order valence-electron chi connectivity index (χ0n) is 12.5. The molecular weight excluding hydrogens is 250 g/mol. The van der Waals surface area contributed by atoms with E-state index in [4.69, 9.17) is 9.84 Å². The highest BCUT2D eigenvalue weighted by Gasteiger charge is 2.31. The zero-order valence-corrected chi connectivity index (χ0v) is 12.5. The number of para-hydroxylation sites is 1. The van der Waals surface area contributed by atoms with Gasteiger partial charge in [0.05, 0.1) is 17.3 Å². The molecule has 2 heterocycles. The fourth-order valence-electron chi connectivity index (χ4n) is 3.39. The number of hydrogen-bond acceptors (Lipinski definition) is 3. The molecule has 1 saturated heterocycles. The van der Waals surface area contributed by atoms with Crippen molar-refractivity contribution in [3.63, 3.8) is 0 Å². The lowest BCUT2D eigenvalue weighted by molar-refractivity contribution is 0.0962. The van der Waals surface area contributed by atoms with Crippen LogP contribution in [0.25, 0.3) is 10.9 Å². The van der Waals surface area contributed by atoms with Crippen molar-refractivity contribution in [1.82, 2.24) is 15.1 Å². The summed E-state index contributed by atoms with van der Waals surface area (Å²) in [6.45, 7) is 3.06. The van der Waals surface area contributed by atoms with Crippen molar-refractivity contribution in [2.75, 3.05) is 13.7 Å². The van der Waals surface area contributed by atoms with E-state index in [0.29, 0.717) is 18.1 Å². The summed E-state index contributed by atoms with van der Waals surface area (Å²) in [5.74, 6) is 0.570. The number of benzene rings is 1. The fraction of sp³-hybridized carbons (Fsp3) is 0.562. The van der Waals surface area contributed by atoms with Crippen molar-refractivity contribution < 1.29 is 4.74 Å². The molecule has 3 atom stereocenters. The van der Waals surface area contributed by atoms with Crippen molar-refractivity contribution >= 4 is 10.9 Å². The van der Waals surface area contributed by atoms with Gasteiger partial charge in [0.15, 0.2) is 0 Å². The van der Waals surface area contributed by atoms with E-state index in [9.17, 15) is 0 Å². The van der Waals surface area contributed by atoms with Crippen molar-refractivity contribution in [1.29, 1.82) is 0 Å². The Balaban J connectivity index is 1.87. The lowest BCUT2D eigenvalue weighted by Crippen LogP contribution is -2.38. The summed E-state index contributed by atoms with van der Waals surface area (Å²) in [6, 6.07) is 8.87. The van der Waals surface area contributed by atoms with E-state index >= 15 is 0 Å². The third kappa shape index (κ3) is 2.34. The molecule has 0 aliphatic carbocycles. The summed E-state index contributed by atoms with van der Waals surface area (Å²) in [5, 5.41) is 9.44. The second-order valence-corrected chi connectivity index (χ2v) is 5.72. The van der Waals surface area contributed by atoms with E-state index < -0.39 is 0 Å². The van der Waals surface area contributed by atoms with E-state index in [0.717, 1.165) is 19.4 Å². The van der Waals surface area contributed by atoms with Crippen LogP contribution < -0.4 is 5.32 Å². The summed E-state index contributed by atoms with van der Waals surface area (Å²) in [5.41, 5.74) is 2.38. The molecule has 108 valence electrons. The monoisotopic (exact) mass is 273 g/mol. The molecule has 0 radical (unpaired) electrons. The Morgan fingerprint density at radius 2 is 2.25 bits per heavy atom. The van der Waals surface area contributed by atoms with Crippen molar-refractivity contribution in [2.45, 2.75) is 31.9 Å². The summed E-state index contributed by atoms with van der Waals surface area (Å²) in [6.07, 6.45) is 2.43.